The number of carbonyl (C=O) groups is 1. The molecule has 0 radical (unpaired) electrons. The standard InChI is InChI=1S/C24H26N4O2/c1-26-21-8-4-5-9-22(21)28(24(26)30)15-12-23(29)27-13-10-17(11-14-27)19-16-25-20-7-3-2-6-18(19)20/h2-9,16-17,25H,10-15H2,1H3. The van der Waals surface area contributed by atoms with E-state index in [2.05, 4.69) is 29.4 Å². The summed E-state index contributed by atoms with van der Waals surface area (Å²) in [5, 5.41) is 1.29. The Labute approximate surface area is 174 Å². The molecule has 0 spiro atoms. The van der Waals surface area contributed by atoms with Crippen LogP contribution in [0.15, 0.2) is 59.5 Å². The van der Waals surface area contributed by atoms with E-state index in [9.17, 15) is 9.59 Å². The summed E-state index contributed by atoms with van der Waals surface area (Å²) in [6, 6.07) is 16.1. The summed E-state index contributed by atoms with van der Waals surface area (Å²) in [6.45, 7) is 1.96. The summed E-state index contributed by atoms with van der Waals surface area (Å²) in [6.07, 6.45) is 4.43. The van der Waals surface area contributed by atoms with Gasteiger partial charge in [-0.3, -0.25) is 13.9 Å². The fraction of sp³-hybridized carbons (Fsp3) is 0.333. The third-order valence-electron chi connectivity index (χ3n) is 6.51. The average molecular weight is 402 g/mol. The maximum atomic E-state index is 12.8. The van der Waals surface area contributed by atoms with Gasteiger partial charge in [0.05, 0.1) is 11.0 Å². The molecule has 1 aliphatic heterocycles. The molecule has 2 aromatic heterocycles. The normalized spacial score (nSPS) is 15.3. The number of aryl methyl sites for hydroxylation is 2. The van der Waals surface area contributed by atoms with Gasteiger partial charge in [0.2, 0.25) is 5.91 Å². The Bertz CT molecular complexity index is 1270. The highest BCUT2D eigenvalue weighted by atomic mass is 16.2. The molecule has 6 nitrogen and oxygen atoms in total. The van der Waals surface area contributed by atoms with E-state index in [-0.39, 0.29) is 11.6 Å². The van der Waals surface area contributed by atoms with Gasteiger partial charge in [0.25, 0.3) is 0 Å². The zero-order chi connectivity index (χ0) is 20.7. The van der Waals surface area contributed by atoms with Crippen LogP contribution in [0.3, 0.4) is 0 Å². The van der Waals surface area contributed by atoms with Crippen LogP contribution in [-0.4, -0.2) is 38.0 Å². The fourth-order valence-electron chi connectivity index (χ4n) is 4.82. The molecule has 2 aromatic carbocycles. The number of rotatable bonds is 4. The van der Waals surface area contributed by atoms with Gasteiger partial charge in [-0.2, -0.15) is 0 Å². The zero-order valence-electron chi connectivity index (χ0n) is 17.2. The molecule has 0 aliphatic carbocycles. The van der Waals surface area contributed by atoms with Crippen molar-refractivity contribution in [1.29, 1.82) is 0 Å². The van der Waals surface area contributed by atoms with E-state index >= 15 is 0 Å². The van der Waals surface area contributed by atoms with Crippen molar-refractivity contribution in [2.45, 2.75) is 31.7 Å². The number of fused-ring (bicyclic) bond motifs is 2. The highest BCUT2D eigenvalue weighted by Gasteiger charge is 2.25. The number of piperidine rings is 1. The van der Waals surface area contributed by atoms with Gasteiger partial charge in [0.1, 0.15) is 0 Å². The molecule has 5 rings (SSSR count). The molecule has 4 aromatic rings. The van der Waals surface area contributed by atoms with Crippen LogP contribution in [-0.2, 0) is 18.4 Å². The number of aromatic nitrogens is 3. The summed E-state index contributed by atoms with van der Waals surface area (Å²) in [5.41, 5.74) is 4.25. The topological polar surface area (TPSA) is 63.0 Å². The van der Waals surface area contributed by atoms with Crippen LogP contribution >= 0.6 is 0 Å². The van der Waals surface area contributed by atoms with Crippen LogP contribution in [0, 0.1) is 0 Å². The number of likely N-dealkylation sites (tertiary alicyclic amines) is 1. The van der Waals surface area contributed by atoms with E-state index in [0.717, 1.165) is 37.0 Å². The van der Waals surface area contributed by atoms with Crippen molar-refractivity contribution >= 4 is 27.8 Å². The Balaban J connectivity index is 1.24. The SMILES string of the molecule is Cn1c(=O)n(CCC(=O)N2CCC(c3c[nH]c4ccccc34)CC2)c2ccccc21. The van der Waals surface area contributed by atoms with Crippen LogP contribution in [0.1, 0.15) is 30.7 Å². The molecule has 1 amide bonds. The summed E-state index contributed by atoms with van der Waals surface area (Å²) in [5.74, 6) is 0.609. The van der Waals surface area contributed by atoms with Crippen LogP contribution in [0.2, 0.25) is 0 Å². The Morgan fingerprint density at radius 1 is 1.03 bits per heavy atom. The number of carbonyl (C=O) groups excluding carboxylic acids is 1. The number of para-hydroxylation sites is 3. The predicted octanol–water partition coefficient (Wildman–Crippen LogP) is 3.62. The van der Waals surface area contributed by atoms with Crippen LogP contribution < -0.4 is 5.69 Å². The molecule has 6 heteroatoms. The van der Waals surface area contributed by atoms with Crippen molar-refractivity contribution in [3.8, 4) is 0 Å². The second-order valence-corrected chi connectivity index (χ2v) is 8.18. The first-order valence-corrected chi connectivity index (χ1v) is 10.6. The molecule has 1 fully saturated rings. The van der Waals surface area contributed by atoms with Gasteiger partial charge in [-0.15, -0.1) is 0 Å². The molecule has 1 N–H and O–H groups in total. The Hall–Kier alpha value is -3.28. The van der Waals surface area contributed by atoms with Gasteiger partial charge in [-0.25, -0.2) is 4.79 Å². The lowest BCUT2D eigenvalue weighted by molar-refractivity contribution is -0.132. The van der Waals surface area contributed by atoms with Crippen molar-refractivity contribution in [3.63, 3.8) is 0 Å². The Kier molecular flexibility index (Phi) is 4.69. The summed E-state index contributed by atoms with van der Waals surface area (Å²) >= 11 is 0. The van der Waals surface area contributed by atoms with Crippen molar-refractivity contribution < 1.29 is 4.79 Å². The van der Waals surface area contributed by atoms with Crippen LogP contribution in [0.4, 0.5) is 0 Å². The van der Waals surface area contributed by atoms with E-state index in [1.54, 1.807) is 16.2 Å². The second-order valence-electron chi connectivity index (χ2n) is 8.18. The van der Waals surface area contributed by atoms with E-state index in [4.69, 9.17) is 0 Å². The number of benzene rings is 2. The number of nitrogens with zero attached hydrogens (tertiary/aromatic N) is 3. The molecule has 0 saturated carbocycles. The molecule has 1 saturated heterocycles. The minimum absolute atomic E-state index is 0.0676. The number of aromatic amines is 1. The minimum atomic E-state index is -0.0676. The van der Waals surface area contributed by atoms with Crippen molar-refractivity contribution in [2.24, 2.45) is 7.05 Å². The zero-order valence-corrected chi connectivity index (χ0v) is 17.2. The number of amides is 1. The second kappa shape index (κ2) is 7.52. The van der Waals surface area contributed by atoms with Gasteiger partial charge in [-0.1, -0.05) is 30.3 Å². The number of hydrogen-bond acceptors (Lipinski definition) is 2. The highest BCUT2D eigenvalue weighted by molar-refractivity contribution is 5.84. The third kappa shape index (κ3) is 3.12. The predicted molar refractivity (Wildman–Crippen MR) is 119 cm³/mol. The van der Waals surface area contributed by atoms with E-state index in [1.165, 1.54) is 16.5 Å². The van der Waals surface area contributed by atoms with Gasteiger partial charge in [0.15, 0.2) is 0 Å². The molecule has 0 unspecified atom stereocenters. The minimum Gasteiger partial charge on any atom is -0.361 e. The van der Waals surface area contributed by atoms with Crippen molar-refractivity contribution in [3.05, 3.63) is 70.8 Å². The number of nitrogens with one attached hydrogen (secondary N) is 1. The molecule has 154 valence electrons. The van der Waals surface area contributed by atoms with Gasteiger partial charge < -0.3 is 9.88 Å². The van der Waals surface area contributed by atoms with E-state index < -0.39 is 0 Å². The maximum Gasteiger partial charge on any atom is 0.328 e. The van der Waals surface area contributed by atoms with Gasteiger partial charge >= 0.3 is 5.69 Å². The monoisotopic (exact) mass is 402 g/mol. The van der Waals surface area contributed by atoms with Crippen LogP contribution in [0.5, 0.6) is 0 Å². The van der Waals surface area contributed by atoms with E-state index in [0.29, 0.717) is 18.9 Å². The van der Waals surface area contributed by atoms with Crippen LogP contribution in [0.25, 0.3) is 21.9 Å². The molecule has 3 heterocycles. The summed E-state index contributed by atoms with van der Waals surface area (Å²) in [7, 11) is 1.78. The number of imidazole rings is 1. The first-order chi connectivity index (χ1) is 14.6. The molecule has 1 aliphatic rings. The molecule has 0 bridgehead atoms. The molecular formula is C24H26N4O2. The summed E-state index contributed by atoms with van der Waals surface area (Å²) < 4.78 is 3.36. The number of H-pyrrole nitrogens is 1. The van der Waals surface area contributed by atoms with Gasteiger partial charge in [-0.05, 0) is 42.5 Å². The third-order valence-corrected chi connectivity index (χ3v) is 6.51. The van der Waals surface area contributed by atoms with E-state index in [1.807, 2.05) is 35.2 Å². The maximum absolute atomic E-state index is 12.8. The highest BCUT2D eigenvalue weighted by Crippen LogP contribution is 2.33. The number of hydrogen-bond donors (Lipinski definition) is 1. The molecule has 30 heavy (non-hydrogen) atoms. The largest absolute Gasteiger partial charge is 0.361 e. The average Bonchev–Trinajstić information content (AvgIpc) is 3.32. The Morgan fingerprint density at radius 2 is 1.73 bits per heavy atom. The van der Waals surface area contributed by atoms with Gasteiger partial charge in [0, 0.05) is 50.2 Å². The van der Waals surface area contributed by atoms with Crippen molar-refractivity contribution in [2.75, 3.05) is 13.1 Å². The summed E-state index contributed by atoms with van der Waals surface area (Å²) in [4.78, 5) is 30.7. The quantitative estimate of drug-likeness (QED) is 0.567. The first-order valence-electron chi connectivity index (χ1n) is 10.6. The Morgan fingerprint density at radius 3 is 2.53 bits per heavy atom. The molecular weight excluding hydrogens is 376 g/mol. The van der Waals surface area contributed by atoms with Crippen molar-refractivity contribution in [1.82, 2.24) is 19.0 Å². The fourth-order valence-corrected chi connectivity index (χ4v) is 4.82. The lowest BCUT2D eigenvalue weighted by Crippen LogP contribution is -2.38. The lowest BCUT2D eigenvalue weighted by Gasteiger charge is -2.32. The molecule has 0 atom stereocenters. The lowest BCUT2D eigenvalue weighted by atomic mass is 9.89. The smallest absolute Gasteiger partial charge is 0.328 e. The first kappa shape index (κ1) is 18.7.